The minimum absolute atomic E-state index is 0.361. The number of rotatable bonds is 5. The van der Waals surface area contributed by atoms with Crippen LogP contribution in [0.5, 0.6) is 0 Å². The second-order valence-corrected chi connectivity index (χ2v) is 4.83. The quantitative estimate of drug-likeness (QED) is 0.915. The first-order valence-corrected chi connectivity index (χ1v) is 6.30. The molecule has 0 fully saturated rings. The Balaban J connectivity index is 2.04. The lowest BCUT2D eigenvalue weighted by atomic mass is 10.1. The number of benzene rings is 1. The Bertz CT molecular complexity index is 498. The van der Waals surface area contributed by atoms with Crippen LogP contribution in [0.1, 0.15) is 23.3 Å². The molecule has 1 aromatic carbocycles. The molecule has 0 radical (unpaired) electrons. The normalized spacial score (nSPS) is 12.6. The fraction of sp³-hybridized carbons (Fsp3) is 0.333. The molecule has 1 heterocycles. The van der Waals surface area contributed by atoms with Crippen molar-refractivity contribution in [3.8, 4) is 0 Å². The van der Waals surface area contributed by atoms with Gasteiger partial charge >= 0.3 is 0 Å². The molecule has 0 saturated carbocycles. The van der Waals surface area contributed by atoms with Gasteiger partial charge in [-0.25, -0.2) is 0 Å². The van der Waals surface area contributed by atoms with Gasteiger partial charge in [0.15, 0.2) is 5.82 Å². The lowest BCUT2D eigenvalue weighted by Crippen LogP contribution is -2.16. The van der Waals surface area contributed by atoms with E-state index in [-0.39, 0.29) is 6.04 Å². The zero-order valence-electron chi connectivity index (χ0n) is 9.97. The van der Waals surface area contributed by atoms with Crippen LogP contribution in [0.2, 0.25) is 0 Å². The first-order valence-electron chi connectivity index (χ1n) is 5.50. The van der Waals surface area contributed by atoms with Crippen molar-refractivity contribution < 1.29 is 9.26 Å². The van der Waals surface area contributed by atoms with E-state index in [1.54, 1.807) is 7.11 Å². The maximum absolute atomic E-state index is 5.80. The number of nitrogens with two attached hydrogens (primary N) is 1. The van der Waals surface area contributed by atoms with Gasteiger partial charge in [0.1, 0.15) is 6.04 Å². The Labute approximate surface area is 113 Å². The summed E-state index contributed by atoms with van der Waals surface area (Å²) in [6, 6.07) is 7.60. The molecule has 1 unspecified atom stereocenters. The smallest absolute Gasteiger partial charge is 0.245 e. The zero-order valence-corrected chi connectivity index (χ0v) is 11.6. The highest BCUT2D eigenvalue weighted by atomic mass is 79.9. The maximum Gasteiger partial charge on any atom is 0.245 e. The van der Waals surface area contributed by atoms with Gasteiger partial charge in [0, 0.05) is 18.0 Å². The van der Waals surface area contributed by atoms with Crippen molar-refractivity contribution in [2.75, 3.05) is 13.7 Å². The molecule has 1 atom stereocenters. The van der Waals surface area contributed by atoms with E-state index in [2.05, 4.69) is 26.1 Å². The van der Waals surface area contributed by atoms with Crippen molar-refractivity contribution in [1.82, 2.24) is 10.1 Å². The van der Waals surface area contributed by atoms with E-state index in [9.17, 15) is 0 Å². The molecule has 0 aliphatic carbocycles. The predicted octanol–water partition coefficient (Wildman–Crippen LogP) is 2.07. The Hall–Kier alpha value is -1.24. The van der Waals surface area contributed by atoms with Gasteiger partial charge in [-0.05, 0) is 17.7 Å². The molecular weight excluding hydrogens is 298 g/mol. The topological polar surface area (TPSA) is 74.2 Å². The van der Waals surface area contributed by atoms with Gasteiger partial charge in [-0.15, -0.1) is 0 Å². The summed E-state index contributed by atoms with van der Waals surface area (Å²) in [5.41, 5.74) is 6.92. The molecule has 0 aliphatic heterocycles. The summed E-state index contributed by atoms with van der Waals surface area (Å²) in [6.45, 7) is 0.361. The first kappa shape index (κ1) is 13.2. The van der Waals surface area contributed by atoms with E-state index in [1.807, 2.05) is 24.3 Å². The molecule has 96 valence electrons. The van der Waals surface area contributed by atoms with E-state index < -0.39 is 0 Å². The summed E-state index contributed by atoms with van der Waals surface area (Å²) in [4.78, 5) is 4.25. The molecule has 1 aromatic heterocycles. The number of ether oxygens (including phenoxy) is 1. The largest absolute Gasteiger partial charge is 0.383 e. The molecule has 2 rings (SSSR count). The molecular formula is C12H14BrN3O2. The Morgan fingerprint density at radius 3 is 2.78 bits per heavy atom. The van der Waals surface area contributed by atoms with E-state index in [1.165, 1.54) is 0 Å². The third-order valence-electron chi connectivity index (χ3n) is 2.42. The fourth-order valence-electron chi connectivity index (χ4n) is 1.53. The van der Waals surface area contributed by atoms with Crippen LogP contribution < -0.4 is 5.73 Å². The second kappa shape index (κ2) is 6.08. The highest BCUT2D eigenvalue weighted by Crippen LogP contribution is 2.14. The lowest BCUT2D eigenvalue weighted by Gasteiger charge is -2.02. The summed E-state index contributed by atoms with van der Waals surface area (Å²) in [5.74, 6) is 1.03. The van der Waals surface area contributed by atoms with Crippen molar-refractivity contribution in [2.45, 2.75) is 12.5 Å². The molecule has 0 saturated heterocycles. The Morgan fingerprint density at radius 2 is 2.11 bits per heavy atom. The number of nitrogens with zero attached hydrogens (tertiary/aromatic N) is 2. The number of halogens is 1. The van der Waals surface area contributed by atoms with Gasteiger partial charge in [0.05, 0.1) is 6.61 Å². The standard InChI is InChI=1S/C12H14BrN3O2/c1-17-7-10(14)12-15-11(16-18-12)6-8-2-4-9(13)5-3-8/h2-5,10H,6-7,14H2,1H3. The molecule has 0 bridgehead atoms. The minimum atomic E-state index is -0.374. The average molecular weight is 312 g/mol. The van der Waals surface area contributed by atoms with Gasteiger partial charge in [-0.3, -0.25) is 0 Å². The molecule has 18 heavy (non-hydrogen) atoms. The predicted molar refractivity (Wildman–Crippen MR) is 70.1 cm³/mol. The van der Waals surface area contributed by atoms with Crippen LogP contribution in [0.3, 0.4) is 0 Å². The Morgan fingerprint density at radius 1 is 1.39 bits per heavy atom. The molecule has 5 nitrogen and oxygen atoms in total. The molecule has 2 aromatic rings. The van der Waals surface area contributed by atoms with Crippen molar-refractivity contribution in [3.63, 3.8) is 0 Å². The lowest BCUT2D eigenvalue weighted by molar-refractivity contribution is 0.166. The molecule has 0 aliphatic rings. The van der Waals surface area contributed by atoms with Crippen LogP contribution in [-0.2, 0) is 11.2 Å². The number of methoxy groups -OCH3 is 1. The van der Waals surface area contributed by atoms with Crippen molar-refractivity contribution >= 4 is 15.9 Å². The van der Waals surface area contributed by atoms with Crippen molar-refractivity contribution in [3.05, 3.63) is 46.0 Å². The molecule has 6 heteroatoms. The molecule has 0 spiro atoms. The molecule has 0 amide bonds. The third-order valence-corrected chi connectivity index (χ3v) is 2.95. The summed E-state index contributed by atoms with van der Waals surface area (Å²) < 4.78 is 11.1. The summed E-state index contributed by atoms with van der Waals surface area (Å²) >= 11 is 3.39. The van der Waals surface area contributed by atoms with Gasteiger partial charge < -0.3 is 15.0 Å². The summed E-state index contributed by atoms with van der Waals surface area (Å²) in [7, 11) is 1.58. The number of hydrogen-bond acceptors (Lipinski definition) is 5. The summed E-state index contributed by atoms with van der Waals surface area (Å²) in [5, 5.41) is 3.90. The van der Waals surface area contributed by atoms with Crippen LogP contribution in [-0.4, -0.2) is 23.9 Å². The van der Waals surface area contributed by atoms with E-state index in [0.29, 0.717) is 24.7 Å². The minimum Gasteiger partial charge on any atom is -0.383 e. The van der Waals surface area contributed by atoms with Crippen LogP contribution in [0.4, 0.5) is 0 Å². The average Bonchev–Trinajstić information content (AvgIpc) is 2.81. The highest BCUT2D eigenvalue weighted by Gasteiger charge is 2.14. The van der Waals surface area contributed by atoms with Crippen LogP contribution in [0.15, 0.2) is 33.3 Å². The van der Waals surface area contributed by atoms with Crippen molar-refractivity contribution in [1.29, 1.82) is 0 Å². The van der Waals surface area contributed by atoms with Gasteiger partial charge in [-0.2, -0.15) is 4.98 Å². The Kier molecular flexibility index (Phi) is 4.46. The monoisotopic (exact) mass is 311 g/mol. The van der Waals surface area contributed by atoms with Crippen LogP contribution in [0.25, 0.3) is 0 Å². The highest BCUT2D eigenvalue weighted by molar-refractivity contribution is 9.10. The fourth-order valence-corrected chi connectivity index (χ4v) is 1.79. The second-order valence-electron chi connectivity index (χ2n) is 3.91. The van der Waals surface area contributed by atoms with E-state index >= 15 is 0 Å². The zero-order chi connectivity index (χ0) is 13.0. The maximum atomic E-state index is 5.80. The number of hydrogen-bond donors (Lipinski definition) is 1. The first-order chi connectivity index (χ1) is 8.69. The van der Waals surface area contributed by atoms with Gasteiger partial charge in [0.2, 0.25) is 5.89 Å². The molecule has 2 N–H and O–H groups in total. The van der Waals surface area contributed by atoms with Crippen molar-refractivity contribution in [2.24, 2.45) is 5.73 Å². The van der Waals surface area contributed by atoms with Gasteiger partial charge in [-0.1, -0.05) is 33.2 Å². The SMILES string of the molecule is COCC(N)c1nc(Cc2ccc(Br)cc2)no1. The van der Waals surface area contributed by atoms with Crippen LogP contribution >= 0.6 is 15.9 Å². The van der Waals surface area contributed by atoms with Crippen LogP contribution in [0, 0.1) is 0 Å². The van der Waals surface area contributed by atoms with E-state index in [4.69, 9.17) is 15.0 Å². The third kappa shape index (κ3) is 3.38. The summed E-state index contributed by atoms with van der Waals surface area (Å²) in [6.07, 6.45) is 0.622. The van der Waals surface area contributed by atoms with E-state index in [0.717, 1.165) is 10.0 Å². The number of aromatic nitrogens is 2. The van der Waals surface area contributed by atoms with Gasteiger partial charge in [0.25, 0.3) is 0 Å².